The number of Topliss-reactive ketones (excluding diaryl/α,β-unsaturated/α-hetero) is 1. The SMILES string of the molecule is CCN(CC)S(=O)(=O)c1ccc2c(c1)nc(SCC(=O)c1cc(F)ccc1OC)n2CC. The molecule has 1 aromatic heterocycles. The molecule has 0 aliphatic rings. The van der Waals surface area contributed by atoms with Crippen LogP contribution in [0.4, 0.5) is 4.39 Å². The van der Waals surface area contributed by atoms with Crippen molar-refractivity contribution in [3.05, 3.63) is 47.8 Å². The Labute approximate surface area is 191 Å². The number of carbonyl (C=O) groups is 1. The number of hydrogen-bond acceptors (Lipinski definition) is 6. The van der Waals surface area contributed by atoms with E-state index < -0.39 is 15.8 Å². The Balaban J connectivity index is 1.91. The molecule has 32 heavy (non-hydrogen) atoms. The van der Waals surface area contributed by atoms with Gasteiger partial charge in [-0.2, -0.15) is 4.31 Å². The van der Waals surface area contributed by atoms with Crippen molar-refractivity contribution < 1.29 is 22.3 Å². The van der Waals surface area contributed by atoms with Crippen molar-refractivity contribution in [2.45, 2.75) is 37.4 Å². The van der Waals surface area contributed by atoms with E-state index in [0.717, 1.165) is 11.6 Å². The van der Waals surface area contributed by atoms with E-state index in [1.165, 1.54) is 35.3 Å². The second kappa shape index (κ2) is 10.0. The number of nitrogens with zero attached hydrogens (tertiary/aromatic N) is 3. The molecule has 0 spiro atoms. The highest BCUT2D eigenvalue weighted by Crippen LogP contribution is 2.29. The summed E-state index contributed by atoms with van der Waals surface area (Å²) >= 11 is 1.22. The number of imidazole rings is 1. The highest BCUT2D eigenvalue weighted by atomic mass is 32.2. The summed E-state index contributed by atoms with van der Waals surface area (Å²) in [6.07, 6.45) is 0. The van der Waals surface area contributed by atoms with Crippen LogP contribution in [0.2, 0.25) is 0 Å². The molecule has 0 aliphatic carbocycles. The fraction of sp³-hybridized carbons (Fsp3) is 0.364. The van der Waals surface area contributed by atoms with Gasteiger partial charge in [-0.15, -0.1) is 0 Å². The number of benzene rings is 2. The van der Waals surface area contributed by atoms with Crippen LogP contribution in [-0.2, 0) is 16.6 Å². The molecule has 0 saturated carbocycles. The summed E-state index contributed by atoms with van der Waals surface area (Å²) in [6.45, 7) is 6.90. The lowest BCUT2D eigenvalue weighted by Crippen LogP contribution is -2.30. The minimum absolute atomic E-state index is 0.0355. The highest BCUT2D eigenvalue weighted by Gasteiger charge is 2.23. The first kappa shape index (κ1) is 24.2. The molecule has 2 aromatic carbocycles. The van der Waals surface area contributed by atoms with Crippen molar-refractivity contribution in [2.24, 2.45) is 0 Å². The number of halogens is 1. The van der Waals surface area contributed by atoms with Crippen LogP contribution >= 0.6 is 11.8 Å². The van der Waals surface area contributed by atoms with Crippen LogP contribution in [0.5, 0.6) is 5.75 Å². The molecule has 0 radical (unpaired) electrons. The Hall–Kier alpha value is -2.43. The van der Waals surface area contributed by atoms with Gasteiger partial charge in [-0.1, -0.05) is 25.6 Å². The van der Waals surface area contributed by atoms with E-state index in [2.05, 4.69) is 4.98 Å². The van der Waals surface area contributed by atoms with E-state index in [-0.39, 0.29) is 22.0 Å². The normalized spacial score (nSPS) is 11.9. The second-order valence-electron chi connectivity index (χ2n) is 6.93. The van der Waals surface area contributed by atoms with E-state index in [4.69, 9.17) is 4.74 Å². The third-order valence-corrected chi connectivity index (χ3v) is 8.16. The Morgan fingerprint density at radius 2 is 1.88 bits per heavy atom. The summed E-state index contributed by atoms with van der Waals surface area (Å²) in [7, 11) is -2.17. The maximum absolute atomic E-state index is 13.6. The second-order valence-corrected chi connectivity index (χ2v) is 9.82. The predicted octanol–water partition coefficient (Wildman–Crippen LogP) is 4.21. The van der Waals surface area contributed by atoms with Crippen LogP contribution in [0.1, 0.15) is 31.1 Å². The largest absolute Gasteiger partial charge is 0.496 e. The molecule has 0 saturated heterocycles. The van der Waals surface area contributed by atoms with Gasteiger partial charge in [0.2, 0.25) is 10.0 Å². The van der Waals surface area contributed by atoms with Crippen LogP contribution in [0, 0.1) is 5.82 Å². The van der Waals surface area contributed by atoms with Crippen LogP contribution in [0.25, 0.3) is 11.0 Å². The molecule has 10 heteroatoms. The van der Waals surface area contributed by atoms with E-state index in [9.17, 15) is 17.6 Å². The quantitative estimate of drug-likeness (QED) is 0.320. The van der Waals surface area contributed by atoms with Gasteiger partial charge in [0.15, 0.2) is 10.9 Å². The van der Waals surface area contributed by atoms with Gasteiger partial charge in [0.05, 0.1) is 34.4 Å². The number of ketones is 1. The Morgan fingerprint density at radius 1 is 1.16 bits per heavy atom. The monoisotopic (exact) mass is 479 g/mol. The van der Waals surface area contributed by atoms with E-state index in [0.29, 0.717) is 36.1 Å². The average Bonchev–Trinajstić information content (AvgIpc) is 3.14. The lowest BCUT2D eigenvalue weighted by molar-refractivity contribution is 0.101. The number of methoxy groups -OCH3 is 1. The predicted molar refractivity (Wildman–Crippen MR) is 124 cm³/mol. The number of aromatic nitrogens is 2. The van der Waals surface area contributed by atoms with E-state index >= 15 is 0 Å². The molecule has 3 rings (SSSR count). The first-order valence-electron chi connectivity index (χ1n) is 10.3. The minimum Gasteiger partial charge on any atom is -0.496 e. The molecule has 1 heterocycles. The Kier molecular flexibility index (Phi) is 7.58. The average molecular weight is 480 g/mol. The molecule has 172 valence electrons. The number of hydrogen-bond donors (Lipinski definition) is 0. The third-order valence-electron chi connectivity index (χ3n) is 5.14. The smallest absolute Gasteiger partial charge is 0.243 e. The standard InChI is InChI=1S/C22H26FN3O4S2/c1-5-25(6-2)32(28,29)16-9-10-19-18(13-16)24-22(26(19)7-3)31-14-20(27)17-12-15(23)8-11-21(17)30-4/h8-13H,5-7,14H2,1-4H3. The van der Waals surface area contributed by atoms with Crippen LogP contribution in [0.15, 0.2) is 46.5 Å². The molecule has 0 bridgehead atoms. The van der Waals surface area contributed by atoms with Crippen LogP contribution < -0.4 is 4.74 Å². The molecule has 0 aliphatic heterocycles. The number of ether oxygens (including phenoxy) is 1. The van der Waals surface area contributed by atoms with Gasteiger partial charge in [-0.3, -0.25) is 4.79 Å². The summed E-state index contributed by atoms with van der Waals surface area (Å²) in [5.41, 5.74) is 1.49. The van der Waals surface area contributed by atoms with Crippen molar-refractivity contribution in [1.82, 2.24) is 13.9 Å². The van der Waals surface area contributed by atoms with Gasteiger partial charge >= 0.3 is 0 Å². The fourth-order valence-corrected chi connectivity index (χ4v) is 5.92. The summed E-state index contributed by atoms with van der Waals surface area (Å²) in [6, 6.07) is 8.71. The van der Waals surface area contributed by atoms with Crippen LogP contribution in [0.3, 0.4) is 0 Å². The number of carbonyl (C=O) groups excluding carboxylic acids is 1. The third kappa shape index (κ3) is 4.67. The van der Waals surface area contributed by atoms with Gasteiger partial charge in [-0.05, 0) is 43.3 Å². The van der Waals surface area contributed by atoms with Gasteiger partial charge in [0.1, 0.15) is 11.6 Å². The highest BCUT2D eigenvalue weighted by molar-refractivity contribution is 7.99. The fourth-order valence-electron chi connectivity index (χ4n) is 3.48. The van der Waals surface area contributed by atoms with Gasteiger partial charge < -0.3 is 9.30 Å². The summed E-state index contributed by atoms with van der Waals surface area (Å²) < 4.78 is 47.8. The summed E-state index contributed by atoms with van der Waals surface area (Å²) in [5, 5.41) is 0.587. The number of rotatable bonds is 10. The topological polar surface area (TPSA) is 81.5 Å². The molecule has 7 nitrogen and oxygen atoms in total. The lowest BCUT2D eigenvalue weighted by Gasteiger charge is -2.18. The molecule has 0 atom stereocenters. The molecule has 0 fully saturated rings. The maximum Gasteiger partial charge on any atom is 0.243 e. The number of sulfonamides is 1. The molecule has 0 amide bonds. The van der Waals surface area contributed by atoms with Gasteiger partial charge in [0, 0.05) is 19.6 Å². The van der Waals surface area contributed by atoms with Crippen molar-refractivity contribution in [2.75, 3.05) is 26.0 Å². The molecule has 0 unspecified atom stereocenters. The molecule has 3 aromatic rings. The van der Waals surface area contributed by atoms with Gasteiger partial charge in [-0.25, -0.2) is 17.8 Å². The van der Waals surface area contributed by atoms with Crippen molar-refractivity contribution in [3.8, 4) is 5.75 Å². The lowest BCUT2D eigenvalue weighted by atomic mass is 10.1. The van der Waals surface area contributed by atoms with Crippen molar-refractivity contribution >= 4 is 38.6 Å². The maximum atomic E-state index is 13.6. The zero-order valence-electron chi connectivity index (χ0n) is 18.5. The zero-order chi connectivity index (χ0) is 23.5. The zero-order valence-corrected chi connectivity index (χ0v) is 20.1. The van der Waals surface area contributed by atoms with Crippen LogP contribution in [-0.4, -0.2) is 54.0 Å². The van der Waals surface area contributed by atoms with Crippen molar-refractivity contribution in [3.63, 3.8) is 0 Å². The number of fused-ring (bicyclic) bond motifs is 1. The van der Waals surface area contributed by atoms with Gasteiger partial charge in [0.25, 0.3) is 0 Å². The summed E-state index contributed by atoms with van der Waals surface area (Å²) in [4.78, 5) is 17.5. The number of thioether (sulfide) groups is 1. The summed E-state index contributed by atoms with van der Waals surface area (Å²) in [5.74, 6) is -0.451. The molecule has 0 N–H and O–H groups in total. The Bertz CT molecular complexity index is 1240. The first-order valence-corrected chi connectivity index (χ1v) is 12.7. The van der Waals surface area contributed by atoms with E-state index in [1.807, 2.05) is 11.5 Å². The minimum atomic E-state index is -3.60. The molecular formula is C22H26FN3O4S2. The number of aryl methyl sites for hydroxylation is 1. The van der Waals surface area contributed by atoms with Crippen molar-refractivity contribution in [1.29, 1.82) is 0 Å². The van der Waals surface area contributed by atoms with E-state index in [1.54, 1.807) is 32.0 Å². The molecular weight excluding hydrogens is 453 g/mol. The first-order chi connectivity index (χ1) is 15.3. The Morgan fingerprint density at radius 3 is 2.50 bits per heavy atom.